The van der Waals surface area contributed by atoms with E-state index < -0.39 is 0 Å². The summed E-state index contributed by atoms with van der Waals surface area (Å²) in [4.78, 5) is 15.2. The largest absolute Gasteiger partial charge is 0.494 e. The number of carbonyl (C=O) groups excluding carboxylic acids is 1. The Bertz CT molecular complexity index is 699. The molecule has 1 saturated heterocycles. The van der Waals surface area contributed by atoms with Crippen LogP contribution < -0.4 is 4.74 Å². The number of aryl methyl sites for hydroxylation is 1. The van der Waals surface area contributed by atoms with Gasteiger partial charge in [-0.15, -0.1) is 0 Å². The molecule has 0 bridgehead atoms. The molecule has 1 aliphatic heterocycles. The first-order valence-corrected chi connectivity index (χ1v) is 9.24. The van der Waals surface area contributed by atoms with Crippen molar-refractivity contribution in [2.75, 3.05) is 26.2 Å². The highest BCUT2D eigenvalue weighted by Crippen LogP contribution is 2.27. The van der Waals surface area contributed by atoms with E-state index in [4.69, 9.17) is 4.74 Å². The van der Waals surface area contributed by atoms with Crippen molar-refractivity contribution in [2.45, 2.75) is 46.1 Å². The molecule has 0 amide bonds. The number of carbonyl (C=O) groups is 1. The first kappa shape index (κ1) is 17.0. The Kier molecular flexibility index (Phi) is 5.56. The number of benzene rings is 1. The average molecular weight is 328 g/mol. The molecule has 24 heavy (non-hydrogen) atoms. The highest BCUT2D eigenvalue weighted by atomic mass is 16.5. The van der Waals surface area contributed by atoms with E-state index in [-0.39, 0.29) is 5.78 Å². The zero-order valence-corrected chi connectivity index (χ0v) is 14.9. The second kappa shape index (κ2) is 7.84. The lowest BCUT2D eigenvalue weighted by molar-refractivity contribution is 0.0970. The van der Waals surface area contributed by atoms with E-state index in [9.17, 15) is 4.79 Å². The van der Waals surface area contributed by atoms with Crippen molar-refractivity contribution in [2.24, 2.45) is 0 Å². The normalized spacial score (nSPS) is 15.2. The molecule has 0 aliphatic carbocycles. The summed E-state index contributed by atoms with van der Waals surface area (Å²) < 4.78 is 7.82. The maximum absolute atomic E-state index is 12.8. The number of hydrogen-bond donors (Lipinski definition) is 0. The fourth-order valence-corrected chi connectivity index (χ4v) is 3.58. The Morgan fingerprint density at radius 1 is 1.17 bits per heavy atom. The molecule has 2 heterocycles. The summed E-state index contributed by atoms with van der Waals surface area (Å²) in [7, 11) is 0. The third kappa shape index (κ3) is 3.64. The molecule has 4 nitrogen and oxygen atoms in total. The molecule has 1 aliphatic rings. The van der Waals surface area contributed by atoms with Gasteiger partial charge in [0.2, 0.25) is 0 Å². The van der Waals surface area contributed by atoms with Crippen LogP contribution in [0.25, 0.3) is 10.9 Å². The van der Waals surface area contributed by atoms with Gasteiger partial charge in [-0.1, -0.05) is 6.92 Å². The summed E-state index contributed by atoms with van der Waals surface area (Å²) in [6, 6.07) is 6.07. The number of ketones is 1. The van der Waals surface area contributed by atoms with E-state index in [1.54, 1.807) is 0 Å². The Hall–Kier alpha value is -1.81. The first-order valence-electron chi connectivity index (χ1n) is 9.24. The number of Topliss-reactive ketones (excluding diaryl/α,β-unsaturated/α-hetero) is 1. The van der Waals surface area contributed by atoms with Gasteiger partial charge in [-0.3, -0.25) is 4.79 Å². The quantitative estimate of drug-likeness (QED) is 0.684. The lowest BCUT2D eigenvalue weighted by Crippen LogP contribution is -2.22. The van der Waals surface area contributed by atoms with Crippen LogP contribution in [0.1, 0.15) is 49.9 Å². The second-order valence-corrected chi connectivity index (χ2v) is 6.57. The third-order valence-corrected chi connectivity index (χ3v) is 4.78. The van der Waals surface area contributed by atoms with Gasteiger partial charge in [-0.05, 0) is 51.4 Å². The Morgan fingerprint density at radius 2 is 1.96 bits per heavy atom. The number of aromatic nitrogens is 1. The highest BCUT2D eigenvalue weighted by molar-refractivity contribution is 6.08. The zero-order valence-electron chi connectivity index (χ0n) is 14.9. The minimum absolute atomic E-state index is 0.255. The predicted octanol–water partition coefficient (Wildman–Crippen LogP) is 4.12. The molecule has 0 radical (unpaired) electrons. The minimum atomic E-state index is 0.255. The summed E-state index contributed by atoms with van der Waals surface area (Å²) in [5, 5.41) is 1.05. The van der Waals surface area contributed by atoms with Crippen LogP contribution in [-0.2, 0) is 6.54 Å². The minimum Gasteiger partial charge on any atom is -0.494 e. The van der Waals surface area contributed by atoms with Crippen LogP contribution in [0.3, 0.4) is 0 Å². The number of likely N-dealkylation sites (tertiary alicyclic amines) is 1. The van der Waals surface area contributed by atoms with Crippen LogP contribution in [0.5, 0.6) is 5.75 Å². The Morgan fingerprint density at radius 3 is 2.67 bits per heavy atom. The van der Waals surface area contributed by atoms with Gasteiger partial charge in [0.25, 0.3) is 0 Å². The van der Waals surface area contributed by atoms with Crippen molar-refractivity contribution in [1.82, 2.24) is 9.47 Å². The number of fused-ring (bicyclic) bond motifs is 1. The first-order chi connectivity index (χ1) is 11.7. The van der Waals surface area contributed by atoms with Crippen molar-refractivity contribution in [3.8, 4) is 5.75 Å². The summed E-state index contributed by atoms with van der Waals surface area (Å²) in [5.41, 5.74) is 1.97. The van der Waals surface area contributed by atoms with Crippen LogP contribution in [-0.4, -0.2) is 41.5 Å². The second-order valence-electron chi connectivity index (χ2n) is 6.57. The van der Waals surface area contributed by atoms with Gasteiger partial charge in [0, 0.05) is 42.7 Å². The fourth-order valence-electron chi connectivity index (χ4n) is 3.58. The average Bonchev–Trinajstić information content (AvgIpc) is 3.22. The fraction of sp³-hybridized carbons (Fsp3) is 0.550. The van der Waals surface area contributed by atoms with Crippen LogP contribution in [0.15, 0.2) is 24.4 Å². The Balaban J connectivity index is 1.84. The molecule has 4 heteroatoms. The molecular formula is C20H28N2O2. The molecule has 1 fully saturated rings. The van der Waals surface area contributed by atoms with Gasteiger partial charge < -0.3 is 14.2 Å². The number of hydrogen-bond acceptors (Lipinski definition) is 3. The topological polar surface area (TPSA) is 34.5 Å². The highest BCUT2D eigenvalue weighted by Gasteiger charge is 2.18. The lowest BCUT2D eigenvalue weighted by atomic mass is 10.1. The van der Waals surface area contributed by atoms with Gasteiger partial charge in [-0.25, -0.2) is 0 Å². The lowest BCUT2D eigenvalue weighted by Gasteiger charge is -2.13. The van der Waals surface area contributed by atoms with E-state index in [0.717, 1.165) is 54.8 Å². The standard InChI is InChI=1S/C20H28N2O2/c1-3-10-22-15-18(20(23)9-13-21-11-5-6-12-21)17-8-7-16(24-4-2)14-19(17)22/h7-8,14-15H,3-6,9-13H2,1-2H3. The van der Waals surface area contributed by atoms with E-state index in [1.807, 2.05) is 25.3 Å². The van der Waals surface area contributed by atoms with Crippen LogP contribution in [0.4, 0.5) is 0 Å². The number of rotatable bonds is 8. The molecule has 130 valence electrons. The van der Waals surface area contributed by atoms with E-state index in [0.29, 0.717) is 13.0 Å². The van der Waals surface area contributed by atoms with E-state index in [2.05, 4.69) is 22.5 Å². The smallest absolute Gasteiger partial charge is 0.166 e. The van der Waals surface area contributed by atoms with Crippen molar-refractivity contribution in [3.63, 3.8) is 0 Å². The third-order valence-electron chi connectivity index (χ3n) is 4.78. The van der Waals surface area contributed by atoms with Gasteiger partial charge in [-0.2, -0.15) is 0 Å². The molecule has 0 N–H and O–H groups in total. The van der Waals surface area contributed by atoms with Crippen LogP contribution >= 0.6 is 0 Å². The molecule has 0 saturated carbocycles. The van der Waals surface area contributed by atoms with Gasteiger partial charge in [0.15, 0.2) is 5.78 Å². The SMILES string of the molecule is CCCn1cc(C(=O)CCN2CCCC2)c2ccc(OCC)cc21. The van der Waals surface area contributed by atoms with Gasteiger partial charge >= 0.3 is 0 Å². The Labute approximate surface area is 144 Å². The summed E-state index contributed by atoms with van der Waals surface area (Å²) in [5.74, 6) is 1.13. The molecule has 2 aromatic rings. The summed E-state index contributed by atoms with van der Waals surface area (Å²) >= 11 is 0. The van der Waals surface area contributed by atoms with E-state index in [1.165, 1.54) is 12.8 Å². The number of nitrogens with zero attached hydrogens (tertiary/aromatic N) is 2. The molecule has 3 rings (SSSR count). The van der Waals surface area contributed by atoms with Crippen molar-refractivity contribution in [3.05, 3.63) is 30.0 Å². The zero-order chi connectivity index (χ0) is 16.9. The number of ether oxygens (including phenoxy) is 1. The van der Waals surface area contributed by atoms with Gasteiger partial charge in [0.05, 0.1) is 12.1 Å². The summed E-state index contributed by atoms with van der Waals surface area (Å²) in [6.45, 7) is 8.89. The molecule has 1 aromatic carbocycles. The molecular weight excluding hydrogens is 300 g/mol. The summed E-state index contributed by atoms with van der Waals surface area (Å²) in [6.07, 6.45) is 6.23. The molecule has 0 unspecified atom stereocenters. The van der Waals surface area contributed by atoms with E-state index >= 15 is 0 Å². The maximum Gasteiger partial charge on any atom is 0.166 e. The predicted molar refractivity (Wildman–Crippen MR) is 98.0 cm³/mol. The monoisotopic (exact) mass is 328 g/mol. The van der Waals surface area contributed by atoms with Crippen molar-refractivity contribution >= 4 is 16.7 Å². The maximum atomic E-state index is 12.8. The van der Waals surface area contributed by atoms with Crippen molar-refractivity contribution < 1.29 is 9.53 Å². The van der Waals surface area contributed by atoms with Crippen molar-refractivity contribution in [1.29, 1.82) is 0 Å². The molecule has 0 atom stereocenters. The molecule has 0 spiro atoms. The molecule has 1 aromatic heterocycles. The van der Waals surface area contributed by atoms with Crippen LogP contribution in [0, 0.1) is 0 Å². The van der Waals surface area contributed by atoms with Gasteiger partial charge in [0.1, 0.15) is 5.75 Å². The van der Waals surface area contributed by atoms with Crippen LogP contribution in [0.2, 0.25) is 0 Å².